The van der Waals surface area contributed by atoms with Crippen molar-refractivity contribution >= 4 is 41.6 Å². The molecule has 0 radical (unpaired) electrons. The Morgan fingerprint density at radius 1 is 0.772 bits per heavy atom. The van der Waals surface area contributed by atoms with Crippen molar-refractivity contribution in [3.05, 3.63) is 48.0 Å². The summed E-state index contributed by atoms with van der Waals surface area (Å²) in [5.74, 6) is -8.80. The molecule has 0 unspecified atom stereocenters. The number of aliphatic hydroxyl groups is 2. The first-order valence-electron chi connectivity index (χ1n) is 18.9. The molecule has 2 N–H and O–H groups in total. The van der Waals surface area contributed by atoms with E-state index in [9.17, 15) is 43.8 Å². The van der Waals surface area contributed by atoms with Crippen molar-refractivity contribution in [3.8, 4) is 0 Å². The fraction of sp³-hybridized carbons (Fsp3) is 0.634. The van der Waals surface area contributed by atoms with Crippen LogP contribution < -0.4 is 0 Å². The molecule has 1 aromatic rings. The van der Waals surface area contributed by atoms with E-state index < -0.39 is 138 Å². The summed E-state index contributed by atoms with van der Waals surface area (Å²) in [5.41, 5.74) is -8.53. The third-order valence-electron chi connectivity index (χ3n) is 10.9. The van der Waals surface area contributed by atoms with Crippen LogP contribution in [0, 0.1) is 17.3 Å². The molecule has 1 aromatic carbocycles. The average Bonchev–Trinajstić information content (AvgIpc) is 3.36. The van der Waals surface area contributed by atoms with Crippen LogP contribution in [-0.2, 0) is 61.9 Å². The van der Waals surface area contributed by atoms with E-state index in [0.29, 0.717) is 0 Å². The lowest BCUT2D eigenvalue weighted by atomic mass is 9.67. The van der Waals surface area contributed by atoms with Crippen molar-refractivity contribution in [2.75, 3.05) is 6.61 Å². The van der Waals surface area contributed by atoms with E-state index in [1.54, 1.807) is 51.1 Å². The second kappa shape index (κ2) is 17.4. The quantitative estimate of drug-likeness (QED) is 0.219. The molecule has 11 atom stereocenters. The highest BCUT2D eigenvalue weighted by molar-refractivity contribution is 5.89. The van der Waals surface area contributed by atoms with Crippen LogP contribution in [0.25, 0.3) is 0 Å². The van der Waals surface area contributed by atoms with Crippen molar-refractivity contribution in [2.45, 2.75) is 141 Å². The minimum Gasteiger partial charge on any atom is -0.459 e. The number of hydrogen-bond donors (Lipinski definition) is 2. The molecule has 2 aliphatic carbocycles. The molecule has 2 fully saturated rings. The van der Waals surface area contributed by atoms with Gasteiger partial charge >= 0.3 is 35.8 Å². The molecule has 1 aliphatic heterocycles. The van der Waals surface area contributed by atoms with Crippen LogP contribution in [0.2, 0.25) is 0 Å². The van der Waals surface area contributed by atoms with Crippen molar-refractivity contribution in [1.29, 1.82) is 0 Å². The Balaban J connectivity index is 2.27. The minimum absolute atomic E-state index is 0.0240. The molecule has 0 amide bonds. The number of ether oxygens (including phenoxy) is 7. The molecule has 1 heterocycles. The largest absolute Gasteiger partial charge is 0.459 e. The molecular weight excluding hydrogens is 748 g/mol. The molecule has 4 rings (SSSR count). The number of rotatable bonds is 8. The molecule has 0 aromatic heterocycles. The van der Waals surface area contributed by atoms with Gasteiger partial charge in [-0.05, 0) is 25.5 Å². The van der Waals surface area contributed by atoms with E-state index in [2.05, 4.69) is 0 Å². The maximum Gasteiger partial charge on any atom is 0.338 e. The van der Waals surface area contributed by atoms with E-state index in [1.807, 2.05) is 0 Å². The van der Waals surface area contributed by atoms with E-state index in [-0.39, 0.29) is 12.0 Å². The fourth-order valence-corrected chi connectivity index (χ4v) is 8.53. The van der Waals surface area contributed by atoms with Gasteiger partial charge < -0.3 is 43.4 Å². The Bertz CT molecular complexity index is 1740. The van der Waals surface area contributed by atoms with Gasteiger partial charge in [0.1, 0.15) is 41.7 Å². The lowest BCUT2D eigenvalue weighted by Crippen LogP contribution is -2.69. The molecule has 1 saturated carbocycles. The Morgan fingerprint density at radius 2 is 1.37 bits per heavy atom. The van der Waals surface area contributed by atoms with Gasteiger partial charge in [-0.3, -0.25) is 28.8 Å². The number of carbonyl (C=O) groups excluding carboxylic acids is 7. The van der Waals surface area contributed by atoms with Crippen LogP contribution in [-0.4, -0.2) is 112 Å². The summed E-state index contributed by atoms with van der Waals surface area (Å²) in [6, 6.07) is 7.57. The molecule has 57 heavy (non-hydrogen) atoms. The molecule has 2 bridgehead atoms. The van der Waals surface area contributed by atoms with E-state index in [4.69, 9.17) is 33.2 Å². The molecule has 3 aliphatic rings. The molecule has 16 heteroatoms. The van der Waals surface area contributed by atoms with Crippen molar-refractivity contribution in [1.82, 2.24) is 0 Å². The predicted octanol–water partition coefficient (Wildman–Crippen LogP) is 3.11. The van der Waals surface area contributed by atoms with Crippen LogP contribution in [0.15, 0.2) is 42.5 Å². The second-order valence-electron chi connectivity index (χ2n) is 16.0. The van der Waals surface area contributed by atoms with E-state index >= 15 is 0 Å². The number of fused-ring (bicyclic) bond motifs is 1. The zero-order valence-corrected chi connectivity index (χ0v) is 33.8. The Labute approximate surface area is 331 Å². The summed E-state index contributed by atoms with van der Waals surface area (Å²) in [4.78, 5) is 93.0. The van der Waals surface area contributed by atoms with Gasteiger partial charge in [-0.1, -0.05) is 58.0 Å². The lowest BCUT2D eigenvalue weighted by Gasteiger charge is -2.51. The first-order chi connectivity index (χ1) is 26.5. The SMILES string of the molecule is CCC(=O)O[C@@H]1[C@@H](OC(C)=O)[C@@H](OC(C)=O)C(C)(C)/C=C/[C@H](C)[C@@H](OC(C)=O)[C@@]2(O)C[C@@](C)(OC(C)=O)[C@@H]3OCC(=O)CC[C@]1(O)[C@H](OC(=O)c1ccccc1)[C@@H]32. The zero-order valence-electron chi connectivity index (χ0n) is 33.8. The van der Waals surface area contributed by atoms with Crippen LogP contribution in [0.1, 0.15) is 98.4 Å². The highest BCUT2D eigenvalue weighted by atomic mass is 16.6. The maximum atomic E-state index is 14.3. The smallest absolute Gasteiger partial charge is 0.338 e. The van der Waals surface area contributed by atoms with Gasteiger partial charge in [-0.25, -0.2) is 4.79 Å². The topological polar surface area (TPSA) is 225 Å². The molecule has 314 valence electrons. The number of ketones is 1. The molecule has 0 spiro atoms. The van der Waals surface area contributed by atoms with Gasteiger partial charge in [0.05, 0.1) is 11.5 Å². The van der Waals surface area contributed by atoms with Crippen molar-refractivity contribution in [3.63, 3.8) is 0 Å². The van der Waals surface area contributed by atoms with E-state index in [0.717, 1.165) is 27.7 Å². The van der Waals surface area contributed by atoms with Gasteiger partial charge in [0.15, 0.2) is 24.1 Å². The second-order valence-corrected chi connectivity index (χ2v) is 16.0. The number of Topliss-reactive ketones (excluding diaryl/α,β-unsaturated/α-hetero) is 1. The Morgan fingerprint density at radius 3 is 1.93 bits per heavy atom. The average molecular weight is 803 g/mol. The van der Waals surface area contributed by atoms with E-state index in [1.165, 1.54) is 26.0 Å². The number of carbonyl (C=O) groups is 7. The minimum atomic E-state index is -2.83. The first-order valence-corrected chi connectivity index (χ1v) is 18.9. The lowest BCUT2D eigenvalue weighted by molar-refractivity contribution is -0.257. The van der Waals surface area contributed by atoms with Crippen LogP contribution in [0.3, 0.4) is 0 Å². The predicted molar refractivity (Wildman–Crippen MR) is 197 cm³/mol. The third-order valence-corrected chi connectivity index (χ3v) is 10.9. The summed E-state index contributed by atoms with van der Waals surface area (Å²) in [6.45, 7) is 11.4. The molecule has 1 saturated heterocycles. The molecule has 16 nitrogen and oxygen atoms in total. The molecular formula is C41H54O16. The first kappa shape index (κ1) is 45.0. The monoisotopic (exact) mass is 802 g/mol. The highest BCUT2D eigenvalue weighted by Gasteiger charge is 2.73. The summed E-state index contributed by atoms with van der Waals surface area (Å²) >= 11 is 0. The van der Waals surface area contributed by atoms with Crippen LogP contribution in [0.5, 0.6) is 0 Å². The standard InChI is InChI=1S/C41H54O16/c1-10-29(47)55-36-31(52-23(3)42)35(54-25(5)44)38(7,8)18-16-22(2)32(53-24(4)43)41(50)21-39(9,57-26(6)45)33-30(41)34(40(36,49)19-17-28(46)20-51-33)56-37(48)27-14-12-11-13-15-27/h11-16,18,22,30-36,49-50H,10,17,19-21H2,1-9H3/b18-16+/t22-,30+,31-,32+,33+,34+,35+,36+,39+,40-,41+/m0/s1. The van der Waals surface area contributed by atoms with Gasteiger partial charge in [0.25, 0.3) is 0 Å². The van der Waals surface area contributed by atoms with Crippen molar-refractivity contribution in [2.24, 2.45) is 17.3 Å². The summed E-state index contributed by atoms with van der Waals surface area (Å²) in [7, 11) is 0. The Hall–Kier alpha value is -4.67. The fourth-order valence-electron chi connectivity index (χ4n) is 8.53. The van der Waals surface area contributed by atoms with Gasteiger partial charge in [0.2, 0.25) is 0 Å². The number of hydrogen-bond acceptors (Lipinski definition) is 16. The normalized spacial score (nSPS) is 35.6. The highest BCUT2D eigenvalue weighted by Crippen LogP contribution is 2.56. The van der Waals surface area contributed by atoms with Crippen molar-refractivity contribution < 1.29 is 76.9 Å². The Kier molecular flexibility index (Phi) is 13.8. The number of benzene rings is 1. The summed E-state index contributed by atoms with van der Waals surface area (Å²) < 4.78 is 42.0. The summed E-state index contributed by atoms with van der Waals surface area (Å²) in [6.07, 6.45) is -9.72. The van der Waals surface area contributed by atoms with Gasteiger partial charge in [0, 0.05) is 58.3 Å². The summed E-state index contributed by atoms with van der Waals surface area (Å²) in [5, 5.41) is 27.0. The van der Waals surface area contributed by atoms with Crippen LogP contribution in [0.4, 0.5) is 0 Å². The zero-order chi connectivity index (χ0) is 42.7. The van der Waals surface area contributed by atoms with Gasteiger partial charge in [-0.15, -0.1) is 0 Å². The third kappa shape index (κ3) is 9.73. The maximum absolute atomic E-state index is 14.3. The van der Waals surface area contributed by atoms with Gasteiger partial charge in [-0.2, -0.15) is 0 Å². The van der Waals surface area contributed by atoms with Crippen LogP contribution >= 0.6 is 0 Å². The number of esters is 6.